The van der Waals surface area contributed by atoms with Crippen LogP contribution in [0.5, 0.6) is 17.4 Å². The molecule has 39 heavy (non-hydrogen) atoms. The number of carbonyl (C=O) groups excluding carboxylic acids is 2. The van der Waals surface area contributed by atoms with E-state index in [1.807, 2.05) is 12.1 Å². The number of ether oxygens (including phenoxy) is 3. The van der Waals surface area contributed by atoms with Crippen LogP contribution in [0.2, 0.25) is 0 Å². The summed E-state index contributed by atoms with van der Waals surface area (Å²) in [6.07, 6.45) is 0. The first-order valence-electron chi connectivity index (χ1n) is 12.1. The fourth-order valence-corrected chi connectivity index (χ4v) is 4.04. The lowest BCUT2D eigenvalue weighted by Gasteiger charge is -2.11. The predicted octanol–water partition coefficient (Wildman–Crippen LogP) is 3.85. The smallest absolute Gasteiger partial charge is 0.252 e. The number of nitrogens with zero attached hydrogens (tertiary/aromatic N) is 4. The van der Waals surface area contributed by atoms with Crippen LogP contribution in [-0.4, -0.2) is 58.9 Å². The van der Waals surface area contributed by atoms with Gasteiger partial charge >= 0.3 is 0 Å². The summed E-state index contributed by atoms with van der Waals surface area (Å²) in [7, 11) is 3.14. The van der Waals surface area contributed by atoms with E-state index in [0.717, 1.165) is 0 Å². The third-order valence-corrected chi connectivity index (χ3v) is 5.98. The third kappa shape index (κ3) is 5.40. The molecule has 0 fully saturated rings. The number of carbonyl (C=O) groups is 2. The highest BCUT2D eigenvalue weighted by Gasteiger charge is 2.18. The Morgan fingerprint density at radius 3 is 2.38 bits per heavy atom. The molecule has 0 atom stereocenters. The lowest BCUT2D eigenvalue weighted by Crippen LogP contribution is -2.29. The van der Waals surface area contributed by atoms with Gasteiger partial charge in [0.05, 0.1) is 31.9 Å². The molecule has 1 amide bonds. The lowest BCUT2D eigenvalue weighted by atomic mass is 9.98. The van der Waals surface area contributed by atoms with Gasteiger partial charge in [-0.05, 0) is 24.3 Å². The van der Waals surface area contributed by atoms with Gasteiger partial charge in [0.2, 0.25) is 5.88 Å². The summed E-state index contributed by atoms with van der Waals surface area (Å²) in [5.74, 6) is 1.43. The number of ketones is 1. The maximum atomic E-state index is 12.9. The molecule has 10 heteroatoms. The molecule has 2 heterocycles. The highest BCUT2D eigenvalue weighted by atomic mass is 16.5. The Balaban J connectivity index is 1.26. The van der Waals surface area contributed by atoms with E-state index < -0.39 is 0 Å². The van der Waals surface area contributed by atoms with Gasteiger partial charge in [-0.3, -0.25) is 9.59 Å². The van der Waals surface area contributed by atoms with Crippen LogP contribution in [0.15, 0.2) is 84.9 Å². The normalized spacial score (nSPS) is 10.7. The number of nitrogens with one attached hydrogen (secondary N) is 1. The quantitative estimate of drug-likeness (QED) is 0.217. The fraction of sp³-hybridized carbons (Fsp3) is 0.138. The van der Waals surface area contributed by atoms with Gasteiger partial charge in [0, 0.05) is 23.3 Å². The number of hydrogen-bond donors (Lipinski definition) is 1. The molecule has 0 unspecified atom stereocenters. The van der Waals surface area contributed by atoms with Crippen LogP contribution in [0.1, 0.15) is 26.3 Å². The number of hydrogen-bond acceptors (Lipinski definition) is 8. The second-order valence-electron chi connectivity index (χ2n) is 8.38. The third-order valence-electron chi connectivity index (χ3n) is 5.98. The summed E-state index contributed by atoms with van der Waals surface area (Å²) in [4.78, 5) is 25.8. The SMILES string of the molecule is COc1ccc(-c2nnc3ccc(OCCNC(=O)c4ccccc4C(=O)c4ccccc4)nn23)c(OC)c1. The van der Waals surface area contributed by atoms with Crippen LogP contribution in [0.4, 0.5) is 0 Å². The molecule has 196 valence electrons. The number of benzene rings is 3. The largest absolute Gasteiger partial charge is 0.497 e. The number of methoxy groups -OCH3 is 2. The second kappa shape index (κ2) is 11.4. The number of amides is 1. The van der Waals surface area contributed by atoms with Crippen LogP contribution in [-0.2, 0) is 0 Å². The van der Waals surface area contributed by atoms with Crippen molar-refractivity contribution in [1.29, 1.82) is 0 Å². The van der Waals surface area contributed by atoms with E-state index in [-0.39, 0.29) is 24.8 Å². The maximum absolute atomic E-state index is 12.9. The van der Waals surface area contributed by atoms with Gasteiger partial charge in [-0.2, -0.15) is 4.52 Å². The summed E-state index contributed by atoms with van der Waals surface area (Å²) in [5, 5.41) is 15.7. The Kier molecular flexibility index (Phi) is 7.44. The Hall–Kier alpha value is -5.25. The molecule has 0 spiro atoms. The molecular formula is C29H25N5O5. The van der Waals surface area contributed by atoms with Crippen molar-refractivity contribution >= 4 is 17.3 Å². The zero-order valence-electron chi connectivity index (χ0n) is 21.3. The lowest BCUT2D eigenvalue weighted by molar-refractivity contribution is 0.0936. The van der Waals surface area contributed by atoms with Crippen LogP contribution in [0, 0.1) is 0 Å². The molecule has 3 aromatic carbocycles. The van der Waals surface area contributed by atoms with Gasteiger partial charge in [-0.1, -0.05) is 48.5 Å². The van der Waals surface area contributed by atoms with E-state index in [4.69, 9.17) is 14.2 Å². The Labute approximate surface area is 224 Å². The summed E-state index contributed by atoms with van der Waals surface area (Å²) in [5.41, 5.74) is 2.37. The Morgan fingerprint density at radius 1 is 0.846 bits per heavy atom. The molecule has 0 radical (unpaired) electrons. The first-order chi connectivity index (χ1) is 19.1. The fourth-order valence-electron chi connectivity index (χ4n) is 4.04. The van der Waals surface area contributed by atoms with Gasteiger partial charge in [-0.25, -0.2) is 0 Å². The molecule has 10 nitrogen and oxygen atoms in total. The molecule has 0 saturated carbocycles. The number of fused-ring (bicyclic) bond motifs is 1. The van der Waals surface area contributed by atoms with Crippen molar-refractivity contribution in [2.24, 2.45) is 0 Å². The highest BCUT2D eigenvalue weighted by Crippen LogP contribution is 2.32. The maximum Gasteiger partial charge on any atom is 0.252 e. The summed E-state index contributed by atoms with van der Waals surface area (Å²) < 4.78 is 18.1. The molecule has 5 aromatic rings. The number of aromatic nitrogens is 4. The van der Waals surface area contributed by atoms with E-state index in [1.54, 1.807) is 91.5 Å². The first kappa shape index (κ1) is 25.4. The van der Waals surface area contributed by atoms with E-state index >= 15 is 0 Å². The van der Waals surface area contributed by atoms with Crippen LogP contribution < -0.4 is 19.5 Å². The van der Waals surface area contributed by atoms with Crippen molar-refractivity contribution in [3.8, 4) is 28.8 Å². The van der Waals surface area contributed by atoms with Gasteiger partial charge in [0.25, 0.3) is 5.91 Å². The van der Waals surface area contributed by atoms with Crippen molar-refractivity contribution in [3.05, 3.63) is 102 Å². The minimum absolute atomic E-state index is 0.155. The molecule has 0 saturated heterocycles. The van der Waals surface area contributed by atoms with Crippen LogP contribution >= 0.6 is 0 Å². The van der Waals surface area contributed by atoms with E-state index in [9.17, 15) is 9.59 Å². The van der Waals surface area contributed by atoms with Crippen molar-refractivity contribution in [2.45, 2.75) is 0 Å². The summed E-state index contributed by atoms with van der Waals surface area (Å²) in [6.45, 7) is 0.357. The van der Waals surface area contributed by atoms with Gasteiger partial charge < -0.3 is 19.5 Å². The predicted molar refractivity (Wildman–Crippen MR) is 143 cm³/mol. The highest BCUT2D eigenvalue weighted by molar-refractivity contribution is 6.15. The monoisotopic (exact) mass is 523 g/mol. The molecular weight excluding hydrogens is 498 g/mol. The van der Waals surface area contributed by atoms with Crippen LogP contribution in [0.25, 0.3) is 17.0 Å². The zero-order valence-corrected chi connectivity index (χ0v) is 21.3. The minimum atomic E-state index is -0.366. The molecule has 0 aliphatic heterocycles. The summed E-state index contributed by atoms with van der Waals surface area (Å²) in [6, 6.07) is 24.4. The molecule has 0 aliphatic rings. The van der Waals surface area contributed by atoms with Crippen molar-refractivity contribution < 1.29 is 23.8 Å². The first-order valence-corrected chi connectivity index (χ1v) is 12.1. The zero-order chi connectivity index (χ0) is 27.2. The average Bonchev–Trinajstić information content (AvgIpc) is 3.42. The minimum Gasteiger partial charge on any atom is -0.497 e. The second-order valence-corrected chi connectivity index (χ2v) is 8.38. The van der Waals surface area contributed by atoms with Gasteiger partial charge in [0.1, 0.15) is 18.1 Å². The standard InChI is InChI=1S/C29H25N5O5/c1-37-20-12-13-23(24(18-20)38-2)28-32-31-25-14-15-26(33-34(25)28)39-17-16-30-29(36)22-11-7-6-10-21(22)27(35)19-8-4-3-5-9-19/h3-15,18H,16-17H2,1-2H3,(H,30,36). The van der Waals surface area contributed by atoms with Crippen molar-refractivity contribution in [1.82, 2.24) is 25.1 Å². The topological polar surface area (TPSA) is 117 Å². The van der Waals surface area contributed by atoms with E-state index in [1.165, 1.54) is 0 Å². The Morgan fingerprint density at radius 2 is 1.62 bits per heavy atom. The summed E-state index contributed by atoms with van der Waals surface area (Å²) >= 11 is 0. The van der Waals surface area contributed by atoms with Crippen LogP contribution in [0.3, 0.4) is 0 Å². The average molecular weight is 524 g/mol. The molecule has 0 bridgehead atoms. The molecule has 1 N–H and O–H groups in total. The Bertz CT molecular complexity index is 1630. The molecule has 5 rings (SSSR count). The van der Waals surface area contributed by atoms with Crippen molar-refractivity contribution in [3.63, 3.8) is 0 Å². The molecule has 0 aliphatic carbocycles. The molecule has 2 aromatic heterocycles. The van der Waals surface area contributed by atoms with E-state index in [2.05, 4.69) is 20.6 Å². The van der Waals surface area contributed by atoms with E-state index in [0.29, 0.717) is 51.1 Å². The van der Waals surface area contributed by atoms with Gasteiger partial charge in [-0.15, -0.1) is 15.3 Å². The van der Waals surface area contributed by atoms with Crippen molar-refractivity contribution in [2.75, 3.05) is 27.4 Å². The number of rotatable bonds is 10. The van der Waals surface area contributed by atoms with Gasteiger partial charge in [0.15, 0.2) is 17.3 Å².